The van der Waals surface area contributed by atoms with Crippen molar-refractivity contribution in [3.63, 3.8) is 0 Å². The van der Waals surface area contributed by atoms with Crippen LogP contribution in [0.15, 0.2) is 46.9 Å². The number of rotatable bonds is 4. The Kier molecular flexibility index (Phi) is 4.66. The molecule has 0 fully saturated rings. The average Bonchev–Trinajstić information content (AvgIpc) is 2.41. The van der Waals surface area contributed by atoms with Gasteiger partial charge < -0.3 is 5.32 Å². The van der Waals surface area contributed by atoms with Crippen molar-refractivity contribution in [2.75, 3.05) is 0 Å². The minimum Gasteiger partial charge on any atom is -0.304 e. The first-order valence-corrected chi connectivity index (χ1v) is 7.75. The van der Waals surface area contributed by atoms with Crippen LogP contribution in [0.1, 0.15) is 36.1 Å². The molecule has 0 atom stereocenters. The van der Waals surface area contributed by atoms with Crippen molar-refractivity contribution >= 4 is 15.9 Å². The summed E-state index contributed by atoms with van der Waals surface area (Å²) >= 11 is 3.48. The van der Waals surface area contributed by atoms with E-state index in [4.69, 9.17) is 0 Å². The third-order valence-corrected chi connectivity index (χ3v) is 4.53. The molecule has 0 unspecified atom stereocenters. The molecule has 0 saturated heterocycles. The molecule has 0 bridgehead atoms. The second-order valence-corrected chi connectivity index (χ2v) is 6.76. The zero-order valence-corrected chi connectivity index (χ0v) is 14.2. The summed E-state index contributed by atoms with van der Waals surface area (Å²) in [4.78, 5) is 0. The number of benzene rings is 2. The molecule has 0 aliphatic heterocycles. The Bertz CT molecular complexity index is 585. The Morgan fingerprint density at radius 3 is 2.30 bits per heavy atom. The maximum absolute atomic E-state index is 3.66. The maximum Gasteiger partial charge on any atom is 0.0380 e. The summed E-state index contributed by atoms with van der Waals surface area (Å²) in [5, 5.41) is 3.66. The van der Waals surface area contributed by atoms with Gasteiger partial charge in [0, 0.05) is 16.6 Å². The third kappa shape index (κ3) is 3.50. The van der Waals surface area contributed by atoms with Crippen molar-refractivity contribution < 1.29 is 0 Å². The third-order valence-electron chi connectivity index (χ3n) is 4.00. The minimum absolute atomic E-state index is 0.0448. The number of hydrogen-bond acceptors (Lipinski definition) is 1. The van der Waals surface area contributed by atoms with Crippen molar-refractivity contribution in [1.82, 2.24) is 5.32 Å². The number of nitrogens with one attached hydrogen (secondary N) is 1. The summed E-state index contributed by atoms with van der Waals surface area (Å²) < 4.78 is 1.12. The van der Waals surface area contributed by atoms with Gasteiger partial charge in [0.25, 0.3) is 0 Å². The molecule has 2 heteroatoms. The summed E-state index contributed by atoms with van der Waals surface area (Å²) in [6, 6.07) is 15.0. The van der Waals surface area contributed by atoms with E-state index >= 15 is 0 Å². The van der Waals surface area contributed by atoms with E-state index in [9.17, 15) is 0 Å². The van der Waals surface area contributed by atoms with Crippen LogP contribution >= 0.6 is 15.9 Å². The van der Waals surface area contributed by atoms with Gasteiger partial charge in [-0.25, -0.2) is 0 Å². The Morgan fingerprint density at radius 2 is 1.65 bits per heavy atom. The van der Waals surface area contributed by atoms with Crippen LogP contribution in [0.5, 0.6) is 0 Å². The topological polar surface area (TPSA) is 12.0 Å². The summed E-state index contributed by atoms with van der Waals surface area (Å²) in [7, 11) is 0. The van der Waals surface area contributed by atoms with Crippen LogP contribution in [0.2, 0.25) is 0 Å². The standard InChI is InChI=1S/C18H22BrN/c1-13-6-5-7-15(14(13)2)12-20-18(3,4)16-8-10-17(19)11-9-16/h5-11,20H,12H2,1-4H3. The van der Waals surface area contributed by atoms with Gasteiger partial charge in [-0.15, -0.1) is 0 Å². The Balaban J connectivity index is 2.12. The molecular formula is C18H22BrN. The fraction of sp³-hybridized carbons (Fsp3) is 0.333. The van der Waals surface area contributed by atoms with Crippen LogP contribution in [0.3, 0.4) is 0 Å². The highest BCUT2D eigenvalue weighted by Crippen LogP contribution is 2.23. The van der Waals surface area contributed by atoms with E-state index in [2.05, 4.69) is 91.4 Å². The van der Waals surface area contributed by atoms with Crippen molar-refractivity contribution in [3.8, 4) is 0 Å². The van der Waals surface area contributed by atoms with Gasteiger partial charge in [0.05, 0.1) is 0 Å². The van der Waals surface area contributed by atoms with E-state index in [1.807, 2.05) is 0 Å². The first kappa shape index (κ1) is 15.3. The zero-order chi connectivity index (χ0) is 14.8. The van der Waals surface area contributed by atoms with Gasteiger partial charge in [0.1, 0.15) is 0 Å². The summed E-state index contributed by atoms with van der Waals surface area (Å²) in [5.74, 6) is 0. The summed E-state index contributed by atoms with van der Waals surface area (Å²) in [6.45, 7) is 9.69. The molecule has 0 spiro atoms. The van der Waals surface area contributed by atoms with Gasteiger partial charge in [-0.3, -0.25) is 0 Å². The largest absolute Gasteiger partial charge is 0.304 e. The molecule has 0 heterocycles. The zero-order valence-electron chi connectivity index (χ0n) is 12.6. The van der Waals surface area contributed by atoms with Gasteiger partial charge in [-0.2, -0.15) is 0 Å². The summed E-state index contributed by atoms with van der Waals surface area (Å²) in [6.07, 6.45) is 0. The van der Waals surface area contributed by atoms with Gasteiger partial charge in [-0.05, 0) is 62.1 Å². The van der Waals surface area contributed by atoms with E-state index in [0.717, 1.165) is 11.0 Å². The minimum atomic E-state index is -0.0448. The first-order chi connectivity index (χ1) is 9.40. The molecule has 0 aliphatic carbocycles. The van der Waals surface area contributed by atoms with Crippen LogP contribution in [0.4, 0.5) is 0 Å². The molecule has 0 aromatic heterocycles. The molecule has 0 radical (unpaired) electrons. The number of halogens is 1. The average molecular weight is 332 g/mol. The SMILES string of the molecule is Cc1cccc(CNC(C)(C)c2ccc(Br)cc2)c1C. The van der Waals surface area contributed by atoms with E-state index < -0.39 is 0 Å². The van der Waals surface area contributed by atoms with Crippen LogP contribution in [-0.2, 0) is 12.1 Å². The molecule has 20 heavy (non-hydrogen) atoms. The lowest BCUT2D eigenvalue weighted by Gasteiger charge is -2.28. The lowest BCUT2D eigenvalue weighted by Crippen LogP contribution is -2.36. The second kappa shape index (κ2) is 6.11. The number of aryl methyl sites for hydroxylation is 1. The predicted octanol–water partition coefficient (Wildman–Crippen LogP) is 5.09. The van der Waals surface area contributed by atoms with Crippen molar-refractivity contribution in [1.29, 1.82) is 0 Å². The molecule has 1 nitrogen and oxygen atoms in total. The molecule has 0 aliphatic rings. The van der Waals surface area contributed by atoms with Crippen LogP contribution in [0, 0.1) is 13.8 Å². The van der Waals surface area contributed by atoms with Crippen LogP contribution in [0.25, 0.3) is 0 Å². The highest BCUT2D eigenvalue weighted by Gasteiger charge is 2.19. The van der Waals surface area contributed by atoms with E-state index in [1.165, 1.54) is 22.3 Å². The molecule has 0 saturated carbocycles. The van der Waals surface area contributed by atoms with Gasteiger partial charge in [0.15, 0.2) is 0 Å². The predicted molar refractivity (Wildman–Crippen MR) is 89.9 cm³/mol. The molecule has 106 valence electrons. The quantitative estimate of drug-likeness (QED) is 0.822. The maximum atomic E-state index is 3.66. The second-order valence-electron chi connectivity index (χ2n) is 5.84. The van der Waals surface area contributed by atoms with E-state index in [0.29, 0.717) is 0 Å². The Labute approximate surface area is 130 Å². The molecule has 1 N–H and O–H groups in total. The molecule has 2 rings (SSSR count). The van der Waals surface area contributed by atoms with E-state index in [1.54, 1.807) is 0 Å². The number of hydrogen-bond donors (Lipinski definition) is 1. The Hall–Kier alpha value is -1.12. The Morgan fingerprint density at radius 1 is 1.00 bits per heavy atom. The lowest BCUT2D eigenvalue weighted by molar-refractivity contribution is 0.400. The van der Waals surface area contributed by atoms with Crippen LogP contribution in [-0.4, -0.2) is 0 Å². The lowest BCUT2D eigenvalue weighted by atomic mass is 9.93. The highest BCUT2D eigenvalue weighted by molar-refractivity contribution is 9.10. The first-order valence-electron chi connectivity index (χ1n) is 6.96. The monoisotopic (exact) mass is 331 g/mol. The highest BCUT2D eigenvalue weighted by atomic mass is 79.9. The van der Waals surface area contributed by atoms with Crippen molar-refractivity contribution in [3.05, 3.63) is 69.2 Å². The van der Waals surface area contributed by atoms with Crippen LogP contribution < -0.4 is 5.32 Å². The molecule has 0 amide bonds. The van der Waals surface area contributed by atoms with Gasteiger partial charge >= 0.3 is 0 Å². The van der Waals surface area contributed by atoms with E-state index in [-0.39, 0.29) is 5.54 Å². The molecular weight excluding hydrogens is 310 g/mol. The molecule has 2 aromatic carbocycles. The fourth-order valence-electron chi connectivity index (χ4n) is 2.29. The summed E-state index contributed by atoms with van der Waals surface area (Å²) in [5.41, 5.74) is 5.36. The van der Waals surface area contributed by atoms with Gasteiger partial charge in [0.2, 0.25) is 0 Å². The fourth-order valence-corrected chi connectivity index (χ4v) is 2.55. The smallest absolute Gasteiger partial charge is 0.0380 e. The molecule has 2 aromatic rings. The van der Waals surface area contributed by atoms with Crippen molar-refractivity contribution in [2.24, 2.45) is 0 Å². The van der Waals surface area contributed by atoms with Gasteiger partial charge in [-0.1, -0.05) is 46.3 Å². The normalized spacial score (nSPS) is 11.7. The van der Waals surface area contributed by atoms with Crippen molar-refractivity contribution in [2.45, 2.75) is 39.8 Å².